The molecule has 0 aromatic heterocycles. The lowest BCUT2D eigenvalue weighted by Crippen LogP contribution is -2.43. The minimum atomic E-state index is -4.91. The fourth-order valence-corrected chi connectivity index (χ4v) is 4.48. The Morgan fingerprint density at radius 2 is 1.90 bits per heavy atom. The molecule has 170 valence electrons. The minimum Gasteiger partial charge on any atom is -0.406 e. The Balaban J connectivity index is 1.86. The van der Waals surface area contributed by atoms with Crippen molar-refractivity contribution in [2.24, 2.45) is 5.92 Å². The minimum absolute atomic E-state index is 0.0924. The second-order valence-corrected chi connectivity index (χ2v) is 8.54. The Bertz CT molecular complexity index is 795. The van der Waals surface area contributed by atoms with Crippen LogP contribution in [0.5, 0.6) is 5.75 Å². The number of piperidine rings is 1. The second kappa shape index (κ2) is 10.9. The number of hydrogen-bond acceptors (Lipinski definition) is 6. The molecule has 1 aromatic rings. The highest BCUT2D eigenvalue weighted by atomic mass is 32.2. The Morgan fingerprint density at radius 3 is 2.53 bits per heavy atom. The highest BCUT2D eigenvalue weighted by molar-refractivity contribution is 7.89. The van der Waals surface area contributed by atoms with Crippen LogP contribution in [0, 0.1) is 5.92 Å². The van der Waals surface area contributed by atoms with E-state index < -0.39 is 22.1 Å². The van der Waals surface area contributed by atoms with Gasteiger partial charge in [-0.3, -0.25) is 4.79 Å². The van der Waals surface area contributed by atoms with Gasteiger partial charge in [0.05, 0.1) is 24.7 Å². The van der Waals surface area contributed by atoms with Gasteiger partial charge in [-0.05, 0) is 25.0 Å². The number of methoxy groups -OCH3 is 1. The molecule has 1 fully saturated rings. The van der Waals surface area contributed by atoms with E-state index in [-0.39, 0.29) is 29.8 Å². The summed E-state index contributed by atoms with van der Waals surface area (Å²) >= 11 is 0. The Kier molecular flexibility index (Phi) is 8.89. The van der Waals surface area contributed by atoms with E-state index in [1.54, 1.807) is 7.11 Å². The predicted octanol–water partition coefficient (Wildman–Crippen LogP) is 1.77. The van der Waals surface area contributed by atoms with Crippen LogP contribution in [0.25, 0.3) is 0 Å². The third-order valence-corrected chi connectivity index (χ3v) is 6.37. The fourth-order valence-electron chi connectivity index (χ4n) is 2.97. The first-order valence-corrected chi connectivity index (χ1v) is 10.8. The Labute approximate surface area is 173 Å². The summed E-state index contributed by atoms with van der Waals surface area (Å²) in [5, 5.41) is 2.75. The van der Waals surface area contributed by atoms with Crippen LogP contribution in [-0.2, 0) is 24.3 Å². The van der Waals surface area contributed by atoms with Crippen molar-refractivity contribution in [1.29, 1.82) is 0 Å². The van der Waals surface area contributed by atoms with Crippen molar-refractivity contribution < 1.29 is 40.6 Å². The maximum Gasteiger partial charge on any atom is 0.573 e. The van der Waals surface area contributed by atoms with Crippen LogP contribution >= 0.6 is 0 Å². The van der Waals surface area contributed by atoms with Gasteiger partial charge in [0.2, 0.25) is 15.9 Å². The zero-order valence-corrected chi connectivity index (χ0v) is 17.3. The lowest BCUT2D eigenvalue weighted by atomic mass is 9.97. The van der Waals surface area contributed by atoms with Crippen LogP contribution in [0.1, 0.15) is 12.8 Å². The van der Waals surface area contributed by atoms with Crippen LogP contribution in [0.2, 0.25) is 0 Å². The molecular formula is C18H25F3N2O6S. The maximum absolute atomic E-state index is 12.7. The fraction of sp³-hybridized carbons (Fsp3) is 0.611. The van der Waals surface area contributed by atoms with Crippen molar-refractivity contribution in [2.45, 2.75) is 24.1 Å². The smallest absolute Gasteiger partial charge is 0.406 e. The van der Waals surface area contributed by atoms with Crippen LogP contribution in [0.15, 0.2) is 29.2 Å². The van der Waals surface area contributed by atoms with Crippen molar-refractivity contribution >= 4 is 15.9 Å². The van der Waals surface area contributed by atoms with Crippen LogP contribution in [0.4, 0.5) is 13.2 Å². The number of nitrogens with zero attached hydrogens (tertiary/aromatic N) is 1. The molecule has 0 aliphatic carbocycles. The first-order chi connectivity index (χ1) is 14.1. The molecule has 0 saturated carbocycles. The molecule has 1 heterocycles. The molecule has 8 nitrogen and oxygen atoms in total. The summed E-state index contributed by atoms with van der Waals surface area (Å²) in [5.41, 5.74) is 0. The summed E-state index contributed by atoms with van der Waals surface area (Å²) in [6.45, 7) is 1.76. The third kappa shape index (κ3) is 7.42. The zero-order chi connectivity index (χ0) is 22.2. The molecule has 0 radical (unpaired) electrons. The van der Waals surface area contributed by atoms with Crippen LogP contribution in [0.3, 0.4) is 0 Å². The van der Waals surface area contributed by atoms with E-state index in [9.17, 15) is 26.4 Å². The molecule has 1 N–H and O–H groups in total. The number of amides is 1. The molecule has 1 aliphatic heterocycles. The Morgan fingerprint density at radius 1 is 1.20 bits per heavy atom. The van der Waals surface area contributed by atoms with Gasteiger partial charge in [0.1, 0.15) is 5.75 Å². The van der Waals surface area contributed by atoms with E-state index in [1.807, 2.05) is 0 Å². The highest BCUT2D eigenvalue weighted by Crippen LogP contribution is 2.28. The number of nitrogens with one attached hydrogen (secondary N) is 1. The molecule has 1 saturated heterocycles. The maximum atomic E-state index is 12.7. The lowest BCUT2D eigenvalue weighted by Gasteiger charge is -2.30. The summed E-state index contributed by atoms with van der Waals surface area (Å²) < 4.78 is 77.7. The number of halogens is 3. The van der Waals surface area contributed by atoms with E-state index >= 15 is 0 Å². The second-order valence-electron chi connectivity index (χ2n) is 6.60. The first kappa shape index (κ1) is 24.4. The number of hydrogen-bond donors (Lipinski definition) is 1. The molecule has 0 unspecified atom stereocenters. The number of carbonyl (C=O) groups is 1. The van der Waals surface area contributed by atoms with Crippen molar-refractivity contribution in [3.63, 3.8) is 0 Å². The van der Waals surface area contributed by atoms with Crippen LogP contribution < -0.4 is 10.1 Å². The number of sulfonamides is 1. The van der Waals surface area contributed by atoms with Crippen LogP contribution in [-0.4, -0.2) is 71.6 Å². The number of rotatable bonds is 10. The first-order valence-electron chi connectivity index (χ1n) is 9.34. The molecule has 1 amide bonds. The molecule has 1 aromatic carbocycles. The zero-order valence-electron chi connectivity index (χ0n) is 16.5. The number of ether oxygens (including phenoxy) is 3. The Hall–Kier alpha value is -1.89. The van der Waals surface area contributed by atoms with E-state index in [1.165, 1.54) is 12.1 Å². The van der Waals surface area contributed by atoms with Gasteiger partial charge in [-0.15, -0.1) is 13.2 Å². The average molecular weight is 454 g/mol. The van der Waals surface area contributed by atoms with Gasteiger partial charge >= 0.3 is 6.36 Å². The quantitative estimate of drug-likeness (QED) is 0.542. The standard InChI is InChI=1S/C18H25F3N2O6S/c1-27-11-12-28-10-7-22-17(24)14-5-8-23(9-6-14)30(25,26)16-4-2-3-15(13-16)29-18(19,20)21/h2-4,13-14H,5-12H2,1H3,(H,22,24). The van der Waals surface area contributed by atoms with Gasteiger partial charge in [0.15, 0.2) is 0 Å². The molecule has 12 heteroatoms. The van der Waals surface area contributed by atoms with Gasteiger partial charge in [0.25, 0.3) is 0 Å². The predicted molar refractivity (Wildman–Crippen MR) is 100 cm³/mol. The van der Waals surface area contributed by atoms with E-state index in [0.717, 1.165) is 16.4 Å². The molecule has 1 aliphatic rings. The molecule has 2 rings (SSSR count). The van der Waals surface area contributed by atoms with Gasteiger partial charge < -0.3 is 19.5 Å². The number of benzene rings is 1. The summed E-state index contributed by atoms with van der Waals surface area (Å²) in [6.07, 6.45) is -4.29. The van der Waals surface area contributed by atoms with E-state index in [2.05, 4.69) is 10.1 Å². The number of alkyl halides is 3. The largest absolute Gasteiger partial charge is 0.573 e. The molecule has 0 spiro atoms. The topological polar surface area (TPSA) is 94.2 Å². The molecule has 30 heavy (non-hydrogen) atoms. The summed E-state index contributed by atoms with van der Waals surface area (Å²) in [6, 6.07) is 4.26. The SMILES string of the molecule is COCCOCCNC(=O)C1CCN(S(=O)(=O)c2cccc(OC(F)(F)F)c2)CC1. The van der Waals surface area contributed by atoms with Gasteiger partial charge in [-0.1, -0.05) is 6.07 Å². The third-order valence-electron chi connectivity index (χ3n) is 4.48. The van der Waals surface area contributed by atoms with Gasteiger partial charge in [0, 0.05) is 38.7 Å². The van der Waals surface area contributed by atoms with Crippen molar-refractivity contribution in [2.75, 3.05) is 46.6 Å². The average Bonchev–Trinajstić information content (AvgIpc) is 2.69. The lowest BCUT2D eigenvalue weighted by molar-refractivity contribution is -0.274. The molecule has 0 atom stereocenters. The van der Waals surface area contributed by atoms with Crippen molar-refractivity contribution in [3.8, 4) is 5.75 Å². The summed E-state index contributed by atoms with van der Waals surface area (Å²) in [7, 11) is -2.44. The molecular weight excluding hydrogens is 429 g/mol. The van der Waals surface area contributed by atoms with Crippen molar-refractivity contribution in [1.82, 2.24) is 9.62 Å². The van der Waals surface area contributed by atoms with Gasteiger partial charge in [-0.25, -0.2) is 8.42 Å². The number of carbonyl (C=O) groups excluding carboxylic acids is 1. The summed E-state index contributed by atoms with van der Waals surface area (Å²) in [4.78, 5) is 11.9. The van der Waals surface area contributed by atoms with Crippen molar-refractivity contribution in [3.05, 3.63) is 24.3 Å². The monoisotopic (exact) mass is 454 g/mol. The van der Waals surface area contributed by atoms with E-state index in [0.29, 0.717) is 39.2 Å². The summed E-state index contributed by atoms with van der Waals surface area (Å²) in [5.74, 6) is -1.12. The normalized spacial score (nSPS) is 16.4. The molecule has 0 bridgehead atoms. The van der Waals surface area contributed by atoms with E-state index in [4.69, 9.17) is 9.47 Å². The van der Waals surface area contributed by atoms with Gasteiger partial charge in [-0.2, -0.15) is 4.31 Å². The highest BCUT2D eigenvalue weighted by Gasteiger charge is 2.34.